The molecular weight excluding hydrogens is 254 g/mol. The molecule has 0 bridgehead atoms. The maximum atomic E-state index is 11.4. The molecule has 1 aromatic carbocycles. The molecule has 5 nitrogen and oxygen atoms in total. The summed E-state index contributed by atoms with van der Waals surface area (Å²) in [7, 11) is 2.14. The Bertz CT molecular complexity index is 635. The molecule has 1 aliphatic rings. The third-order valence-corrected chi connectivity index (χ3v) is 4.20. The van der Waals surface area contributed by atoms with Gasteiger partial charge in [-0.05, 0) is 38.6 Å². The number of fused-ring (bicyclic) bond motifs is 1. The van der Waals surface area contributed by atoms with Gasteiger partial charge in [0.05, 0.1) is 22.9 Å². The third-order valence-electron chi connectivity index (χ3n) is 4.20. The van der Waals surface area contributed by atoms with E-state index in [4.69, 9.17) is 0 Å². The van der Waals surface area contributed by atoms with Gasteiger partial charge in [0.15, 0.2) is 0 Å². The highest BCUT2D eigenvalue weighted by atomic mass is 16.4. The molecule has 1 aromatic heterocycles. The van der Waals surface area contributed by atoms with Crippen molar-refractivity contribution in [1.82, 2.24) is 14.5 Å². The van der Waals surface area contributed by atoms with E-state index in [9.17, 15) is 9.90 Å². The number of benzene rings is 1. The highest BCUT2D eigenvalue weighted by Crippen LogP contribution is 2.22. The number of para-hydroxylation sites is 1. The molecule has 1 saturated heterocycles. The SMILES string of the molecule is CN1CCCCC1Cn1cnc2cccc(C(=O)O)c21. The van der Waals surface area contributed by atoms with E-state index >= 15 is 0 Å². The highest BCUT2D eigenvalue weighted by molar-refractivity contribution is 6.01. The third kappa shape index (κ3) is 2.29. The maximum Gasteiger partial charge on any atom is 0.337 e. The lowest BCUT2D eigenvalue weighted by Gasteiger charge is -2.32. The number of rotatable bonds is 3. The number of imidazole rings is 1. The van der Waals surface area contributed by atoms with Crippen LogP contribution in [-0.2, 0) is 6.54 Å². The molecule has 20 heavy (non-hydrogen) atoms. The molecule has 106 valence electrons. The highest BCUT2D eigenvalue weighted by Gasteiger charge is 2.21. The van der Waals surface area contributed by atoms with Crippen LogP contribution >= 0.6 is 0 Å². The molecule has 2 aromatic rings. The largest absolute Gasteiger partial charge is 0.478 e. The number of hydrogen-bond acceptors (Lipinski definition) is 3. The molecule has 0 saturated carbocycles. The molecule has 5 heteroatoms. The van der Waals surface area contributed by atoms with E-state index in [1.165, 1.54) is 12.8 Å². The summed E-state index contributed by atoms with van der Waals surface area (Å²) in [6.07, 6.45) is 5.41. The molecule has 1 N–H and O–H groups in total. The average molecular weight is 273 g/mol. The van der Waals surface area contributed by atoms with E-state index in [2.05, 4.69) is 16.9 Å². The molecule has 0 radical (unpaired) electrons. The first-order chi connectivity index (χ1) is 9.66. The number of carboxylic acids is 1. The number of likely N-dealkylation sites (tertiary alicyclic amines) is 1. The van der Waals surface area contributed by atoms with Gasteiger partial charge in [-0.2, -0.15) is 0 Å². The number of hydrogen-bond donors (Lipinski definition) is 1. The lowest BCUT2D eigenvalue weighted by atomic mass is 10.0. The van der Waals surface area contributed by atoms with Crippen LogP contribution < -0.4 is 0 Å². The van der Waals surface area contributed by atoms with Gasteiger partial charge in [-0.25, -0.2) is 9.78 Å². The van der Waals surface area contributed by atoms with E-state index in [1.54, 1.807) is 18.5 Å². The van der Waals surface area contributed by atoms with Crippen molar-refractivity contribution in [3.05, 3.63) is 30.1 Å². The Balaban J connectivity index is 1.97. The minimum absolute atomic E-state index is 0.332. The molecular formula is C15H19N3O2. The van der Waals surface area contributed by atoms with Gasteiger partial charge >= 0.3 is 5.97 Å². The second kappa shape index (κ2) is 5.25. The summed E-state index contributed by atoms with van der Waals surface area (Å²) >= 11 is 0. The number of carbonyl (C=O) groups is 1. The van der Waals surface area contributed by atoms with Gasteiger partial charge in [0, 0.05) is 12.6 Å². The van der Waals surface area contributed by atoms with E-state index in [0.717, 1.165) is 30.5 Å². The number of aromatic nitrogens is 2. The number of likely N-dealkylation sites (N-methyl/N-ethyl adjacent to an activating group) is 1. The molecule has 1 fully saturated rings. The van der Waals surface area contributed by atoms with Crippen LogP contribution in [0.1, 0.15) is 29.6 Å². The van der Waals surface area contributed by atoms with Crippen molar-refractivity contribution in [2.45, 2.75) is 31.8 Å². The summed E-state index contributed by atoms with van der Waals surface area (Å²) in [6.45, 7) is 1.92. The molecule has 3 rings (SSSR count). The smallest absolute Gasteiger partial charge is 0.337 e. The van der Waals surface area contributed by atoms with E-state index in [0.29, 0.717) is 11.6 Å². The number of piperidine rings is 1. The monoisotopic (exact) mass is 273 g/mol. The Kier molecular flexibility index (Phi) is 3.44. The quantitative estimate of drug-likeness (QED) is 0.931. The average Bonchev–Trinajstić information content (AvgIpc) is 2.84. The van der Waals surface area contributed by atoms with Gasteiger partial charge in [-0.3, -0.25) is 0 Å². The fourth-order valence-corrected chi connectivity index (χ4v) is 3.04. The Hall–Kier alpha value is -1.88. The van der Waals surface area contributed by atoms with E-state index in [-0.39, 0.29) is 0 Å². The van der Waals surface area contributed by atoms with Gasteiger partial charge in [0.25, 0.3) is 0 Å². The van der Waals surface area contributed by atoms with Crippen molar-refractivity contribution in [2.24, 2.45) is 0 Å². The molecule has 1 unspecified atom stereocenters. The van der Waals surface area contributed by atoms with Crippen molar-refractivity contribution >= 4 is 17.0 Å². The molecule has 0 aliphatic carbocycles. The standard InChI is InChI=1S/C15H19N3O2/c1-17-8-3-2-5-11(17)9-18-10-16-13-7-4-6-12(14(13)18)15(19)20/h4,6-7,10-11H,2-3,5,8-9H2,1H3,(H,19,20). The molecule has 0 amide bonds. The molecule has 1 atom stereocenters. The Morgan fingerprint density at radius 1 is 1.45 bits per heavy atom. The van der Waals surface area contributed by atoms with Crippen LogP contribution in [0.5, 0.6) is 0 Å². The van der Waals surface area contributed by atoms with Crippen LogP contribution in [0.25, 0.3) is 11.0 Å². The first-order valence-corrected chi connectivity index (χ1v) is 7.04. The van der Waals surface area contributed by atoms with Crippen LogP contribution in [0, 0.1) is 0 Å². The van der Waals surface area contributed by atoms with Gasteiger partial charge < -0.3 is 14.6 Å². The van der Waals surface area contributed by atoms with Gasteiger partial charge in [-0.1, -0.05) is 12.5 Å². The van der Waals surface area contributed by atoms with Crippen LogP contribution in [0.15, 0.2) is 24.5 Å². The predicted octanol–water partition coefficient (Wildman–Crippen LogP) is 2.22. The van der Waals surface area contributed by atoms with Gasteiger partial charge in [-0.15, -0.1) is 0 Å². The summed E-state index contributed by atoms with van der Waals surface area (Å²) < 4.78 is 1.99. The van der Waals surface area contributed by atoms with Crippen LogP contribution in [0.2, 0.25) is 0 Å². The number of aromatic carboxylic acids is 1. The summed E-state index contributed by atoms with van der Waals surface area (Å²) in [5.41, 5.74) is 1.82. The Labute approximate surface area is 117 Å². The van der Waals surface area contributed by atoms with Gasteiger partial charge in [0.1, 0.15) is 0 Å². The van der Waals surface area contributed by atoms with Crippen molar-refractivity contribution < 1.29 is 9.90 Å². The molecule has 2 heterocycles. The van der Waals surface area contributed by atoms with E-state index in [1.807, 2.05) is 10.6 Å². The zero-order valence-corrected chi connectivity index (χ0v) is 11.6. The first kappa shape index (κ1) is 13.1. The first-order valence-electron chi connectivity index (χ1n) is 7.04. The predicted molar refractivity (Wildman–Crippen MR) is 77.0 cm³/mol. The summed E-state index contributed by atoms with van der Waals surface area (Å²) in [5.74, 6) is -0.894. The summed E-state index contributed by atoms with van der Waals surface area (Å²) in [6, 6.07) is 5.72. The fourth-order valence-electron chi connectivity index (χ4n) is 3.04. The van der Waals surface area contributed by atoms with Crippen molar-refractivity contribution in [3.63, 3.8) is 0 Å². The normalized spacial score (nSPS) is 20.4. The van der Waals surface area contributed by atoms with Crippen molar-refractivity contribution in [1.29, 1.82) is 0 Å². The van der Waals surface area contributed by atoms with E-state index < -0.39 is 5.97 Å². The topological polar surface area (TPSA) is 58.4 Å². The molecule has 0 spiro atoms. The van der Waals surface area contributed by atoms with Crippen molar-refractivity contribution in [3.8, 4) is 0 Å². The second-order valence-corrected chi connectivity index (χ2v) is 5.51. The lowest BCUT2D eigenvalue weighted by molar-refractivity contribution is 0.0698. The fraction of sp³-hybridized carbons (Fsp3) is 0.467. The minimum atomic E-state index is -0.894. The molecule has 1 aliphatic heterocycles. The minimum Gasteiger partial charge on any atom is -0.478 e. The van der Waals surface area contributed by atoms with Gasteiger partial charge in [0.2, 0.25) is 0 Å². The lowest BCUT2D eigenvalue weighted by Crippen LogP contribution is -2.39. The Morgan fingerprint density at radius 2 is 2.30 bits per heavy atom. The zero-order chi connectivity index (χ0) is 14.1. The number of nitrogens with zero attached hydrogens (tertiary/aromatic N) is 3. The second-order valence-electron chi connectivity index (χ2n) is 5.51. The zero-order valence-electron chi connectivity index (χ0n) is 11.6. The maximum absolute atomic E-state index is 11.4. The van der Waals surface area contributed by atoms with Crippen LogP contribution in [-0.4, -0.2) is 45.2 Å². The Morgan fingerprint density at radius 3 is 3.05 bits per heavy atom. The van der Waals surface area contributed by atoms with Crippen LogP contribution in [0.4, 0.5) is 0 Å². The summed E-state index contributed by atoms with van der Waals surface area (Å²) in [5, 5.41) is 9.33. The van der Waals surface area contributed by atoms with Crippen LogP contribution in [0.3, 0.4) is 0 Å². The number of carboxylic acid groups (broad SMARTS) is 1. The van der Waals surface area contributed by atoms with Crippen molar-refractivity contribution in [2.75, 3.05) is 13.6 Å². The summed E-state index contributed by atoms with van der Waals surface area (Å²) in [4.78, 5) is 18.1.